The SMILES string of the molecule is Cc1cc(Cl)ccc1-n1ncc(C(=O)O)c1C(C)C. The van der Waals surface area contributed by atoms with E-state index in [-0.39, 0.29) is 11.5 Å². The van der Waals surface area contributed by atoms with E-state index in [9.17, 15) is 9.90 Å². The predicted molar refractivity (Wildman–Crippen MR) is 74.4 cm³/mol. The molecule has 2 rings (SSSR count). The Hall–Kier alpha value is -1.81. The van der Waals surface area contributed by atoms with Crippen LogP contribution in [0.3, 0.4) is 0 Å². The maximum absolute atomic E-state index is 11.2. The van der Waals surface area contributed by atoms with Gasteiger partial charge in [0.1, 0.15) is 5.56 Å². The van der Waals surface area contributed by atoms with E-state index >= 15 is 0 Å². The first-order valence-corrected chi connectivity index (χ1v) is 6.37. The van der Waals surface area contributed by atoms with E-state index in [2.05, 4.69) is 5.10 Å². The number of carboxylic acid groups (broad SMARTS) is 1. The molecule has 0 unspecified atom stereocenters. The smallest absolute Gasteiger partial charge is 0.339 e. The average molecular weight is 279 g/mol. The molecule has 1 N–H and O–H groups in total. The minimum absolute atomic E-state index is 0.0590. The molecule has 0 saturated heterocycles. The Morgan fingerprint density at radius 1 is 1.42 bits per heavy atom. The first-order chi connectivity index (χ1) is 8.91. The lowest BCUT2D eigenvalue weighted by atomic mass is 10.1. The van der Waals surface area contributed by atoms with Gasteiger partial charge in [0.05, 0.1) is 17.6 Å². The molecule has 19 heavy (non-hydrogen) atoms. The predicted octanol–water partition coefficient (Wildman–Crippen LogP) is 3.66. The van der Waals surface area contributed by atoms with Gasteiger partial charge in [-0.3, -0.25) is 0 Å². The second-order valence-corrected chi connectivity index (χ2v) is 5.18. The molecular formula is C14H15ClN2O2. The van der Waals surface area contributed by atoms with E-state index in [1.165, 1.54) is 6.20 Å². The summed E-state index contributed by atoms with van der Waals surface area (Å²) in [6.07, 6.45) is 1.39. The minimum Gasteiger partial charge on any atom is -0.478 e. The molecule has 0 amide bonds. The molecule has 0 atom stereocenters. The first kappa shape index (κ1) is 13.6. The summed E-state index contributed by atoms with van der Waals surface area (Å²) in [6.45, 7) is 5.82. The van der Waals surface area contributed by atoms with Crippen molar-refractivity contribution in [2.75, 3.05) is 0 Å². The van der Waals surface area contributed by atoms with Gasteiger partial charge < -0.3 is 5.11 Å². The summed E-state index contributed by atoms with van der Waals surface area (Å²) in [4.78, 5) is 11.2. The fourth-order valence-corrected chi connectivity index (χ4v) is 2.35. The highest BCUT2D eigenvalue weighted by Crippen LogP contribution is 2.26. The normalized spacial score (nSPS) is 11.0. The molecule has 1 aromatic carbocycles. The molecular weight excluding hydrogens is 264 g/mol. The van der Waals surface area contributed by atoms with Gasteiger partial charge in [-0.05, 0) is 36.6 Å². The molecule has 5 heteroatoms. The van der Waals surface area contributed by atoms with Crippen LogP contribution in [0.25, 0.3) is 5.69 Å². The van der Waals surface area contributed by atoms with Gasteiger partial charge in [0.25, 0.3) is 0 Å². The third-order valence-electron chi connectivity index (χ3n) is 2.97. The number of benzene rings is 1. The summed E-state index contributed by atoms with van der Waals surface area (Å²) in [7, 11) is 0. The monoisotopic (exact) mass is 278 g/mol. The topological polar surface area (TPSA) is 55.1 Å². The van der Waals surface area contributed by atoms with E-state index in [0.717, 1.165) is 11.3 Å². The third kappa shape index (κ3) is 2.49. The van der Waals surface area contributed by atoms with Gasteiger partial charge in [-0.2, -0.15) is 5.10 Å². The molecule has 0 radical (unpaired) electrons. The van der Waals surface area contributed by atoms with E-state index in [1.807, 2.05) is 32.9 Å². The molecule has 1 aromatic heterocycles. The van der Waals surface area contributed by atoms with Crippen LogP contribution in [0, 0.1) is 6.92 Å². The van der Waals surface area contributed by atoms with Gasteiger partial charge >= 0.3 is 5.97 Å². The minimum atomic E-state index is -0.957. The highest BCUT2D eigenvalue weighted by molar-refractivity contribution is 6.30. The molecule has 0 saturated carbocycles. The molecule has 0 aliphatic carbocycles. The lowest BCUT2D eigenvalue weighted by Crippen LogP contribution is -2.09. The number of halogens is 1. The molecule has 4 nitrogen and oxygen atoms in total. The van der Waals surface area contributed by atoms with Crippen molar-refractivity contribution < 1.29 is 9.90 Å². The fraction of sp³-hybridized carbons (Fsp3) is 0.286. The van der Waals surface area contributed by atoms with Crippen molar-refractivity contribution in [1.29, 1.82) is 0 Å². The van der Waals surface area contributed by atoms with Gasteiger partial charge in [0.2, 0.25) is 0 Å². The Labute approximate surface area is 116 Å². The molecule has 0 fully saturated rings. The second kappa shape index (κ2) is 5.05. The number of carboxylic acids is 1. The third-order valence-corrected chi connectivity index (χ3v) is 3.21. The van der Waals surface area contributed by atoms with E-state index in [0.29, 0.717) is 10.7 Å². The van der Waals surface area contributed by atoms with Crippen LogP contribution in [0.5, 0.6) is 0 Å². The molecule has 100 valence electrons. The average Bonchev–Trinajstić information content (AvgIpc) is 2.73. The molecule has 2 aromatic rings. The Morgan fingerprint density at radius 2 is 2.11 bits per heavy atom. The van der Waals surface area contributed by atoms with Crippen LogP contribution in [0.4, 0.5) is 0 Å². The highest BCUT2D eigenvalue weighted by Gasteiger charge is 2.20. The first-order valence-electron chi connectivity index (χ1n) is 5.99. The number of aryl methyl sites for hydroxylation is 1. The lowest BCUT2D eigenvalue weighted by Gasteiger charge is -2.13. The van der Waals surface area contributed by atoms with Crippen molar-refractivity contribution >= 4 is 17.6 Å². The summed E-state index contributed by atoms with van der Waals surface area (Å²) >= 11 is 5.94. The number of carbonyl (C=O) groups is 1. The fourth-order valence-electron chi connectivity index (χ4n) is 2.13. The zero-order valence-electron chi connectivity index (χ0n) is 11.0. The van der Waals surface area contributed by atoms with Gasteiger partial charge in [0, 0.05) is 5.02 Å². The number of aromatic carboxylic acids is 1. The Balaban J connectivity index is 2.65. The quantitative estimate of drug-likeness (QED) is 0.932. The molecule has 0 bridgehead atoms. The number of aromatic nitrogens is 2. The van der Waals surface area contributed by atoms with Crippen LogP contribution in [-0.2, 0) is 0 Å². The molecule has 0 aliphatic heterocycles. The maximum atomic E-state index is 11.2. The summed E-state index contributed by atoms with van der Waals surface area (Å²) in [5, 5.41) is 14.1. The van der Waals surface area contributed by atoms with Crippen molar-refractivity contribution in [3.05, 3.63) is 46.2 Å². The lowest BCUT2D eigenvalue weighted by molar-refractivity contribution is 0.0695. The van der Waals surface area contributed by atoms with Gasteiger partial charge in [0.15, 0.2) is 0 Å². The van der Waals surface area contributed by atoms with E-state index in [4.69, 9.17) is 11.6 Å². The van der Waals surface area contributed by atoms with Gasteiger partial charge in [-0.1, -0.05) is 25.4 Å². The summed E-state index contributed by atoms with van der Waals surface area (Å²) in [6, 6.07) is 5.46. The molecule has 1 heterocycles. The number of nitrogens with zero attached hydrogens (tertiary/aromatic N) is 2. The molecule has 0 aliphatic rings. The van der Waals surface area contributed by atoms with E-state index in [1.54, 1.807) is 10.7 Å². The number of hydrogen-bond donors (Lipinski definition) is 1. The van der Waals surface area contributed by atoms with Crippen molar-refractivity contribution in [1.82, 2.24) is 9.78 Å². The van der Waals surface area contributed by atoms with Gasteiger partial charge in [-0.25, -0.2) is 9.48 Å². The van der Waals surface area contributed by atoms with Crippen molar-refractivity contribution in [2.45, 2.75) is 26.7 Å². The summed E-state index contributed by atoms with van der Waals surface area (Å²) in [5.74, 6) is -0.898. The Morgan fingerprint density at radius 3 is 2.63 bits per heavy atom. The van der Waals surface area contributed by atoms with Crippen molar-refractivity contribution in [2.24, 2.45) is 0 Å². The zero-order chi connectivity index (χ0) is 14.2. The number of hydrogen-bond acceptors (Lipinski definition) is 2. The Kier molecular flexibility index (Phi) is 3.62. The highest BCUT2D eigenvalue weighted by atomic mass is 35.5. The largest absolute Gasteiger partial charge is 0.478 e. The van der Waals surface area contributed by atoms with Crippen molar-refractivity contribution in [3.8, 4) is 5.69 Å². The van der Waals surface area contributed by atoms with Crippen LogP contribution in [0.2, 0.25) is 5.02 Å². The number of rotatable bonds is 3. The Bertz CT molecular complexity index is 632. The van der Waals surface area contributed by atoms with Crippen LogP contribution < -0.4 is 0 Å². The van der Waals surface area contributed by atoms with Crippen LogP contribution >= 0.6 is 11.6 Å². The van der Waals surface area contributed by atoms with Crippen LogP contribution in [0.15, 0.2) is 24.4 Å². The van der Waals surface area contributed by atoms with Crippen LogP contribution in [-0.4, -0.2) is 20.9 Å². The van der Waals surface area contributed by atoms with Crippen LogP contribution in [0.1, 0.15) is 41.4 Å². The van der Waals surface area contributed by atoms with E-state index < -0.39 is 5.97 Å². The maximum Gasteiger partial charge on any atom is 0.339 e. The zero-order valence-corrected chi connectivity index (χ0v) is 11.8. The summed E-state index contributed by atoms with van der Waals surface area (Å²) in [5.41, 5.74) is 2.73. The second-order valence-electron chi connectivity index (χ2n) is 4.75. The standard InChI is InChI=1S/C14H15ClN2O2/c1-8(2)13-11(14(18)19)7-16-17(13)12-5-4-10(15)6-9(12)3/h4-8H,1-3H3,(H,18,19). The van der Waals surface area contributed by atoms with Crippen molar-refractivity contribution in [3.63, 3.8) is 0 Å². The van der Waals surface area contributed by atoms with Gasteiger partial charge in [-0.15, -0.1) is 0 Å². The molecule has 0 spiro atoms. The summed E-state index contributed by atoms with van der Waals surface area (Å²) < 4.78 is 1.68.